The van der Waals surface area contributed by atoms with Gasteiger partial charge in [-0.15, -0.1) is 0 Å². The first-order chi connectivity index (χ1) is 7.91. The van der Waals surface area contributed by atoms with Gasteiger partial charge in [-0.2, -0.15) is 0 Å². The number of allylic oxidation sites excluding steroid dienone is 4. The smallest absolute Gasteiger partial charge is 0.0348 e. The Kier molecular flexibility index (Phi) is 14.0. The van der Waals surface area contributed by atoms with Gasteiger partial charge < -0.3 is 0 Å². The first-order valence-electron chi connectivity index (χ1n) is 7.23. The normalized spacial score (nSPS) is 11.9. The molecule has 94 valence electrons. The molecule has 0 heterocycles. The fraction of sp³-hybridized carbons (Fsp3) is 0.750. The van der Waals surface area contributed by atoms with Crippen LogP contribution < -0.4 is 0 Å². The van der Waals surface area contributed by atoms with Gasteiger partial charge in [0, 0.05) is 0 Å². The lowest BCUT2D eigenvalue weighted by Gasteiger charge is -1.97. The van der Waals surface area contributed by atoms with Gasteiger partial charge in [0.05, 0.1) is 0 Å². The highest BCUT2D eigenvalue weighted by atomic mass is 13.9. The molecule has 0 saturated carbocycles. The van der Waals surface area contributed by atoms with Gasteiger partial charge in [-0.05, 0) is 19.3 Å². The Morgan fingerprint density at radius 2 is 1.06 bits per heavy atom. The molecule has 0 aliphatic carbocycles. The van der Waals surface area contributed by atoms with Crippen LogP contribution in [0.15, 0.2) is 24.3 Å². The summed E-state index contributed by atoms with van der Waals surface area (Å²) >= 11 is 0. The monoisotopic (exact) mass is 222 g/mol. The summed E-state index contributed by atoms with van der Waals surface area (Å²) < 4.78 is 0. The summed E-state index contributed by atoms with van der Waals surface area (Å²) in [5, 5.41) is 0. The summed E-state index contributed by atoms with van der Waals surface area (Å²) in [6, 6.07) is 0. The van der Waals surface area contributed by atoms with Gasteiger partial charge in [-0.3, -0.25) is 0 Å². The highest BCUT2D eigenvalue weighted by molar-refractivity contribution is 5.02. The van der Waals surface area contributed by atoms with Gasteiger partial charge in [-0.25, -0.2) is 0 Å². The first kappa shape index (κ1) is 15.5. The quantitative estimate of drug-likeness (QED) is 0.295. The lowest BCUT2D eigenvalue weighted by atomic mass is 10.1. The minimum absolute atomic E-state index is 1.23. The number of hydrogen-bond acceptors (Lipinski definition) is 0. The van der Waals surface area contributed by atoms with Crippen molar-refractivity contribution in [3.05, 3.63) is 24.3 Å². The Balaban J connectivity index is 3.12. The predicted molar refractivity (Wildman–Crippen MR) is 75.8 cm³/mol. The van der Waals surface area contributed by atoms with Crippen LogP contribution >= 0.6 is 0 Å². The Morgan fingerprint density at radius 1 is 0.562 bits per heavy atom. The zero-order valence-electron chi connectivity index (χ0n) is 11.4. The predicted octanol–water partition coefficient (Wildman–Crippen LogP) is 6.04. The maximum atomic E-state index is 2.31. The fourth-order valence-electron chi connectivity index (χ4n) is 1.71. The van der Waals surface area contributed by atoms with Crippen molar-refractivity contribution in [1.29, 1.82) is 0 Å². The summed E-state index contributed by atoms with van der Waals surface area (Å²) in [4.78, 5) is 0. The summed E-state index contributed by atoms with van der Waals surface area (Å²) in [6.07, 6.45) is 22.5. The van der Waals surface area contributed by atoms with E-state index in [0.717, 1.165) is 0 Å². The molecule has 0 amide bonds. The Hall–Kier alpha value is -0.520. The van der Waals surface area contributed by atoms with Crippen molar-refractivity contribution in [2.75, 3.05) is 0 Å². The van der Waals surface area contributed by atoms with E-state index in [-0.39, 0.29) is 0 Å². The molecule has 0 aromatic carbocycles. The molecule has 0 fully saturated rings. The van der Waals surface area contributed by atoms with Crippen LogP contribution in [-0.4, -0.2) is 0 Å². The van der Waals surface area contributed by atoms with Gasteiger partial charge in [0.2, 0.25) is 0 Å². The summed E-state index contributed by atoms with van der Waals surface area (Å²) in [7, 11) is 0. The Bertz CT molecular complexity index is 165. The van der Waals surface area contributed by atoms with Crippen LogP contribution in [0.1, 0.15) is 78.1 Å². The third-order valence-corrected chi connectivity index (χ3v) is 2.83. The van der Waals surface area contributed by atoms with Crippen LogP contribution in [0.2, 0.25) is 0 Å². The minimum atomic E-state index is 1.23. The van der Waals surface area contributed by atoms with E-state index in [9.17, 15) is 0 Å². The van der Waals surface area contributed by atoms with E-state index in [0.29, 0.717) is 0 Å². The third kappa shape index (κ3) is 13.5. The second-order valence-electron chi connectivity index (χ2n) is 4.55. The SMILES string of the molecule is CCCC/C=C/C=C/CCCCCCCC. The summed E-state index contributed by atoms with van der Waals surface area (Å²) in [5.41, 5.74) is 0. The molecule has 0 atom stereocenters. The molecule has 0 aromatic rings. The third-order valence-electron chi connectivity index (χ3n) is 2.83. The molecule has 0 aromatic heterocycles. The maximum Gasteiger partial charge on any atom is -0.0348 e. The Morgan fingerprint density at radius 3 is 1.69 bits per heavy atom. The van der Waals surface area contributed by atoms with E-state index < -0.39 is 0 Å². The molecule has 16 heavy (non-hydrogen) atoms. The molecule has 0 spiro atoms. The molecular formula is C16H30. The molecule has 0 radical (unpaired) electrons. The van der Waals surface area contributed by atoms with E-state index in [1.807, 2.05) is 0 Å². The zero-order valence-corrected chi connectivity index (χ0v) is 11.4. The molecule has 0 unspecified atom stereocenters. The Labute approximate surface area is 103 Å². The standard InChI is InChI=1S/C16H30/c1-3-5-7-9-11-13-15-16-14-12-10-8-6-4-2/h9,11,13,15H,3-8,10,12,14,16H2,1-2H3/b11-9+,15-13+. The largest absolute Gasteiger partial charge is 0.0845 e. The van der Waals surface area contributed by atoms with Crippen molar-refractivity contribution >= 4 is 0 Å². The summed E-state index contributed by atoms with van der Waals surface area (Å²) in [5.74, 6) is 0. The van der Waals surface area contributed by atoms with Crippen molar-refractivity contribution in [1.82, 2.24) is 0 Å². The topological polar surface area (TPSA) is 0 Å². The molecule has 0 nitrogen and oxygen atoms in total. The van der Waals surface area contributed by atoms with E-state index in [1.165, 1.54) is 64.2 Å². The van der Waals surface area contributed by atoms with Crippen LogP contribution in [0.5, 0.6) is 0 Å². The van der Waals surface area contributed by atoms with Crippen LogP contribution in [0.3, 0.4) is 0 Å². The molecule has 0 rings (SSSR count). The van der Waals surface area contributed by atoms with E-state index in [4.69, 9.17) is 0 Å². The van der Waals surface area contributed by atoms with Crippen molar-refractivity contribution in [2.24, 2.45) is 0 Å². The van der Waals surface area contributed by atoms with E-state index in [2.05, 4.69) is 38.2 Å². The molecule has 0 aliphatic heterocycles. The zero-order chi connectivity index (χ0) is 11.9. The van der Waals surface area contributed by atoms with E-state index >= 15 is 0 Å². The van der Waals surface area contributed by atoms with Crippen LogP contribution in [0, 0.1) is 0 Å². The molecule has 0 heteroatoms. The van der Waals surface area contributed by atoms with Crippen LogP contribution in [-0.2, 0) is 0 Å². The van der Waals surface area contributed by atoms with Gasteiger partial charge in [0.15, 0.2) is 0 Å². The molecule has 0 bridgehead atoms. The van der Waals surface area contributed by atoms with Crippen molar-refractivity contribution in [3.63, 3.8) is 0 Å². The van der Waals surface area contributed by atoms with Crippen LogP contribution in [0.25, 0.3) is 0 Å². The highest BCUT2D eigenvalue weighted by Gasteiger charge is 1.87. The van der Waals surface area contributed by atoms with Crippen LogP contribution in [0.4, 0.5) is 0 Å². The van der Waals surface area contributed by atoms with Gasteiger partial charge >= 0.3 is 0 Å². The fourth-order valence-corrected chi connectivity index (χ4v) is 1.71. The molecule has 0 N–H and O–H groups in total. The molecular weight excluding hydrogens is 192 g/mol. The lowest BCUT2D eigenvalue weighted by Crippen LogP contribution is -1.77. The van der Waals surface area contributed by atoms with E-state index in [1.54, 1.807) is 0 Å². The number of hydrogen-bond donors (Lipinski definition) is 0. The number of rotatable bonds is 11. The maximum absolute atomic E-state index is 2.31. The van der Waals surface area contributed by atoms with Gasteiger partial charge in [0.25, 0.3) is 0 Å². The first-order valence-corrected chi connectivity index (χ1v) is 7.23. The highest BCUT2D eigenvalue weighted by Crippen LogP contribution is 2.07. The molecule has 0 saturated heterocycles. The minimum Gasteiger partial charge on any atom is -0.0845 e. The van der Waals surface area contributed by atoms with Gasteiger partial charge in [-0.1, -0.05) is 83.1 Å². The van der Waals surface area contributed by atoms with Crippen molar-refractivity contribution in [2.45, 2.75) is 78.1 Å². The summed E-state index contributed by atoms with van der Waals surface area (Å²) in [6.45, 7) is 4.51. The lowest BCUT2D eigenvalue weighted by molar-refractivity contribution is 0.611. The molecule has 0 aliphatic rings. The average Bonchev–Trinajstić information content (AvgIpc) is 2.31. The van der Waals surface area contributed by atoms with Crippen molar-refractivity contribution < 1.29 is 0 Å². The number of unbranched alkanes of at least 4 members (excludes halogenated alkanes) is 8. The van der Waals surface area contributed by atoms with Crippen molar-refractivity contribution in [3.8, 4) is 0 Å². The second kappa shape index (κ2) is 14.5. The second-order valence-corrected chi connectivity index (χ2v) is 4.55. The van der Waals surface area contributed by atoms with Gasteiger partial charge in [0.1, 0.15) is 0 Å². The average molecular weight is 222 g/mol.